The number of anilines is 1. The molecule has 1 aromatic rings. The zero-order valence-corrected chi connectivity index (χ0v) is 9.55. The van der Waals surface area contributed by atoms with E-state index in [0.29, 0.717) is 6.67 Å². The van der Waals surface area contributed by atoms with Crippen LogP contribution in [0.15, 0.2) is 10.4 Å². The molecule has 1 N–H and O–H groups in total. The van der Waals surface area contributed by atoms with Crippen LogP contribution in [0.5, 0.6) is 0 Å². The minimum Gasteiger partial charge on any atom is -0.385 e. The Bertz CT molecular complexity index is 406. The Morgan fingerprint density at radius 2 is 2.38 bits per heavy atom. The maximum absolute atomic E-state index is 12.3. The fraction of sp³-hybridized carbons (Fsp3) is 0.500. The van der Waals surface area contributed by atoms with Crippen LogP contribution in [0.2, 0.25) is 0 Å². The number of aliphatic hydroxyl groups excluding tert-OH is 1. The van der Waals surface area contributed by atoms with E-state index in [4.69, 9.17) is 0 Å². The van der Waals surface area contributed by atoms with Gasteiger partial charge in [-0.25, -0.2) is 8.78 Å². The number of rotatable bonds is 3. The summed E-state index contributed by atoms with van der Waals surface area (Å²) in [5, 5.41) is 12.0. The van der Waals surface area contributed by atoms with Gasteiger partial charge in [-0.1, -0.05) is 0 Å². The molecule has 88 valence electrons. The van der Waals surface area contributed by atoms with Crippen LogP contribution in [-0.2, 0) is 0 Å². The van der Waals surface area contributed by atoms with E-state index in [1.54, 1.807) is 11.1 Å². The summed E-state index contributed by atoms with van der Waals surface area (Å²) in [5.74, 6) is 0. The number of fused-ring (bicyclic) bond motifs is 1. The van der Waals surface area contributed by atoms with Crippen LogP contribution in [0.4, 0.5) is 13.8 Å². The molecule has 1 aliphatic rings. The number of aliphatic imine (C=N–C) groups is 1. The van der Waals surface area contributed by atoms with Crippen LogP contribution in [0.3, 0.4) is 0 Å². The highest BCUT2D eigenvalue weighted by molar-refractivity contribution is 7.14. The largest absolute Gasteiger partial charge is 0.385 e. The van der Waals surface area contributed by atoms with E-state index in [1.165, 1.54) is 11.3 Å². The topological polar surface area (TPSA) is 35.8 Å². The molecule has 1 aliphatic heterocycles. The summed E-state index contributed by atoms with van der Waals surface area (Å²) in [5.41, 5.74) is 2.05. The van der Waals surface area contributed by atoms with Gasteiger partial charge in [-0.15, -0.1) is 11.3 Å². The first-order valence-corrected chi connectivity index (χ1v) is 5.76. The number of thiophene rings is 1. The average Bonchev–Trinajstić information content (AvgIpc) is 2.62. The van der Waals surface area contributed by atoms with Crippen molar-refractivity contribution < 1.29 is 13.9 Å². The molecule has 1 unspecified atom stereocenters. The number of hydrogen-bond donors (Lipinski definition) is 1. The van der Waals surface area contributed by atoms with Gasteiger partial charge < -0.3 is 10.0 Å². The van der Waals surface area contributed by atoms with Crippen LogP contribution < -0.4 is 4.90 Å². The summed E-state index contributed by atoms with van der Waals surface area (Å²) in [4.78, 5) is 5.78. The summed E-state index contributed by atoms with van der Waals surface area (Å²) in [7, 11) is 0. The van der Waals surface area contributed by atoms with Crippen molar-refractivity contribution in [3.8, 4) is 0 Å². The number of hydrogen-bond acceptors (Lipinski definition) is 4. The second-order valence-electron chi connectivity index (χ2n) is 3.71. The van der Waals surface area contributed by atoms with Crippen LogP contribution in [-0.4, -0.2) is 37.1 Å². The summed E-state index contributed by atoms with van der Waals surface area (Å²) in [6, 6.07) is 0. The lowest BCUT2D eigenvalue weighted by Gasteiger charge is -2.26. The molecule has 0 amide bonds. The molecule has 2 rings (SSSR count). The van der Waals surface area contributed by atoms with Crippen LogP contribution in [0.25, 0.3) is 0 Å². The van der Waals surface area contributed by atoms with Crippen LogP contribution in [0.1, 0.15) is 11.1 Å². The van der Waals surface area contributed by atoms with Gasteiger partial charge in [-0.05, 0) is 17.9 Å². The van der Waals surface area contributed by atoms with Gasteiger partial charge in [0.1, 0.15) is 17.8 Å². The van der Waals surface area contributed by atoms with E-state index in [0.717, 1.165) is 16.1 Å². The number of aryl methyl sites for hydroxylation is 1. The summed E-state index contributed by atoms with van der Waals surface area (Å²) < 4.78 is 24.5. The molecule has 0 saturated carbocycles. The Morgan fingerprint density at radius 1 is 1.62 bits per heavy atom. The molecular formula is C10H12F2N2OS. The molecule has 0 spiro atoms. The molecule has 0 saturated heterocycles. The first kappa shape index (κ1) is 11.5. The van der Waals surface area contributed by atoms with E-state index >= 15 is 0 Å². The summed E-state index contributed by atoms with van der Waals surface area (Å²) in [6.07, 6.45) is -2.58. The third-order valence-electron chi connectivity index (χ3n) is 2.46. The van der Waals surface area contributed by atoms with Crippen molar-refractivity contribution in [1.82, 2.24) is 0 Å². The molecule has 6 heteroatoms. The van der Waals surface area contributed by atoms with E-state index in [2.05, 4.69) is 4.99 Å². The van der Waals surface area contributed by atoms with Crippen molar-refractivity contribution in [3.63, 3.8) is 0 Å². The number of alkyl halides is 2. The predicted molar refractivity (Wildman–Crippen MR) is 60.9 cm³/mol. The van der Waals surface area contributed by atoms with Gasteiger partial charge in [0.15, 0.2) is 0 Å². The van der Waals surface area contributed by atoms with Gasteiger partial charge >= 0.3 is 0 Å². The van der Waals surface area contributed by atoms with Crippen molar-refractivity contribution in [2.45, 2.75) is 19.5 Å². The molecular weight excluding hydrogens is 234 g/mol. The molecule has 0 aromatic carbocycles. The highest BCUT2D eigenvalue weighted by Crippen LogP contribution is 2.32. The molecule has 0 bridgehead atoms. The summed E-state index contributed by atoms with van der Waals surface area (Å²) in [6.45, 7) is 2.20. The van der Waals surface area contributed by atoms with Gasteiger partial charge in [-0.2, -0.15) is 0 Å². The molecule has 0 aliphatic carbocycles. The van der Waals surface area contributed by atoms with Gasteiger partial charge in [0.05, 0.1) is 6.54 Å². The smallest absolute Gasteiger partial charge is 0.265 e. The second-order valence-corrected chi connectivity index (χ2v) is 4.57. The first-order valence-electron chi connectivity index (χ1n) is 4.88. The Labute approximate surface area is 96.0 Å². The monoisotopic (exact) mass is 246 g/mol. The van der Waals surface area contributed by atoms with E-state index in [1.807, 2.05) is 12.3 Å². The second kappa shape index (κ2) is 4.47. The van der Waals surface area contributed by atoms with Crippen molar-refractivity contribution in [2.24, 2.45) is 4.99 Å². The minimum absolute atomic E-state index is 0.0814. The van der Waals surface area contributed by atoms with Crippen molar-refractivity contribution in [3.05, 3.63) is 16.5 Å². The zero-order chi connectivity index (χ0) is 11.7. The van der Waals surface area contributed by atoms with Crippen molar-refractivity contribution in [1.29, 1.82) is 0 Å². The molecule has 3 nitrogen and oxygen atoms in total. The highest BCUT2D eigenvalue weighted by Gasteiger charge is 2.24. The third-order valence-corrected chi connectivity index (χ3v) is 3.63. The Kier molecular flexibility index (Phi) is 3.20. The summed E-state index contributed by atoms with van der Waals surface area (Å²) >= 11 is 1.49. The Morgan fingerprint density at radius 3 is 3.06 bits per heavy atom. The predicted octanol–water partition coefficient (Wildman–Crippen LogP) is 1.88. The van der Waals surface area contributed by atoms with Gasteiger partial charge in [0, 0.05) is 11.8 Å². The minimum atomic E-state index is -2.71. The van der Waals surface area contributed by atoms with E-state index in [9.17, 15) is 13.9 Å². The maximum atomic E-state index is 12.3. The number of β-amino-alcohol motifs (C(OH)–C–C–N with tert-alkyl or cyclic N) is 1. The molecule has 16 heavy (non-hydrogen) atoms. The van der Waals surface area contributed by atoms with Crippen molar-refractivity contribution in [2.75, 3.05) is 18.1 Å². The lowest BCUT2D eigenvalue weighted by molar-refractivity contribution is 0.000510. The average molecular weight is 246 g/mol. The molecule has 0 fully saturated rings. The standard InChI is InChI=1S/C10H12F2N2OS/c1-6-4-16-10-7(6)2-13-5-14(10)3-8(15)9(11)12/h2,4,8-9,15H,3,5H2,1H3. The fourth-order valence-corrected chi connectivity index (χ4v) is 2.62. The fourth-order valence-electron chi connectivity index (χ4n) is 1.58. The van der Waals surface area contributed by atoms with E-state index < -0.39 is 12.5 Å². The third kappa shape index (κ3) is 2.08. The lowest BCUT2D eigenvalue weighted by atomic mass is 10.2. The molecule has 0 radical (unpaired) electrons. The Balaban J connectivity index is 2.16. The quantitative estimate of drug-likeness (QED) is 0.884. The molecule has 1 aromatic heterocycles. The number of aliphatic hydroxyl groups is 1. The molecule has 1 atom stereocenters. The number of halogens is 2. The zero-order valence-electron chi connectivity index (χ0n) is 8.73. The van der Waals surface area contributed by atoms with Gasteiger partial charge in [-0.3, -0.25) is 4.99 Å². The first-order chi connectivity index (χ1) is 7.59. The highest BCUT2D eigenvalue weighted by atomic mass is 32.1. The maximum Gasteiger partial charge on any atom is 0.265 e. The molecule has 2 heterocycles. The van der Waals surface area contributed by atoms with Crippen LogP contribution >= 0.6 is 11.3 Å². The van der Waals surface area contributed by atoms with Gasteiger partial charge in [0.25, 0.3) is 6.43 Å². The normalized spacial score (nSPS) is 16.7. The number of nitrogens with zero attached hydrogens (tertiary/aromatic N) is 2. The lowest BCUT2D eigenvalue weighted by Crippen LogP contribution is -2.37. The van der Waals surface area contributed by atoms with Crippen LogP contribution in [0, 0.1) is 6.92 Å². The Hall–Kier alpha value is -1.01. The SMILES string of the molecule is Cc1csc2c1C=NCN2CC(O)C(F)F. The van der Waals surface area contributed by atoms with E-state index in [-0.39, 0.29) is 6.54 Å². The van der Waals surface area contributed by atoms with Gasteiger partial charge in [0.2, 0.25) is 0 Å². The van der Waals surface area contributed by atoms with Crippen molar-refractivity contribution >= 4 is 22.6 Å².